The van der Waals surface area contributed by atoms with Gasteiger partial charge in [-0.05, 0) is 24.6 Å². The quantitative estimate of drug-likeness (QED) is 0.936. The normalized spacial score (nSPS) is 19.5. The second-order valence-electron chi connectivity index (χ2n) is 4.66. The van der Waals surface area contributed by atoms with Crippen LogP contribution in [-0.2, 0) is 15.3 Å². The number of ether oxygens (including phenoxy) is 2. The zero-order valence-corrected chi connectivity index (χ0v) is 11.5. The molecule has 0 bridgehead atoms. The lowest BCUT2D eigenvalue weighted by molar-refractivity contribution is -0.146. The molecule has 1 aromatic heterocycles. The number of thiophene rings is 1. The minimum absolute atomic E-state index is 0.593. The van der Waals surface area contributed by atoms with Gasteiger partial charge in [0.2, 0.25) is 5.79 Å². The highest BCUT2D eigenvalue weighted by Crippen LogP contribution is 2.38. The Kier molecular flexibility index (Phi) is 3.41. The summed E-state index contributed by atoms with van der Waals surface area (Å²) < 4.78 is 11.3. The average molecular weight is 276 g/mol. The van der Waals surface area contributed by atoms with Crippen molar-refractivity contribution in [1.29, 1.82) is 0 Å². The van der Waals surface area contributed by atoms with Crippen LogP contribution >= 0.6 is 11.3 Å². The van der Waals surface area contributed by atoms with Crippen molar-refractivity contribution in [3.05, 3.63) is 57.8 Å². The smallest absolute Gasteiger partial charge is 0.201 e. The number of rotatable bonds is 3. The predicted octanol–water partition coefficient (Wildman–Crippen LogP) is 3.05. The third-order valence-electron chi connectivity index (χ3n) is 3.30. The molecule has 0 amide bonds. The van der Waals surface area contributed by atoms with E-state index in [1.165, 1.54) is 11.3 Å². The first kappa shape index (κ1) is 12.8. The van der Waals surface area contributed by atoms with Crippen molar-refractivity contribution in [1.82, 2.24) is 0 Å². The van der Waals surface area contributed by atoms with Crippen LogP contribution in [-0.4, -0.2) is 18.3 Å². The summed E-state index contributed by atoms with van der Waals surface area (Å²) in [7, 11) is 0. The molecule has 2 heterocycles. The van der Waals surface area contributed by atoms with Gasteiger partial charge in [0.1, 0.15) is 6.10 Å². The van der Waals surface area contributed by atoms with E-state index >= 15 is 0 Å². The van der Waals surface area contributed by atoms with Gasteiger partial charge in [0.25, 0.3) is 0 Å². The van der Waals surface area contributed by atoms with E-state index in [0.29, 0.717) is 13.2 Å². The van der Waals surface area contributed by atoms with E-state index < -0.39 is 11.9 Å². The summed E-state index contributed by atoms with van der Waals surface area (Å²) in [5, 5.41) is 10.4. The zero-order chi connectivity index (χ0) is 13.3. The summed E-state index contributed by atoms with van der Waals surface area (Å²) in [6.45, 7) is 3.15. The molecule has 4 heteroatoms. The van der Waals surface area contributed by atoms with E-state index in [4.69, 9.17) is 9.47 Å². The average Bonchev–Trinajstić information content (AvgIpc) is 3.08. The maximum absolute atomic E-state index is 10.4. The van der Waals surface area contributed by atoms with E-state index in [9.17, 15) is 5.11 Å². The van der Waals surface area contributed by atoms with Crippen LogP contribution in [0.25, 0.3) is 0 Å². The van der Waals surface area contributed by atoms with Crippen molar-refractivity contribution in [2.45, 2.75) is 18.8 Å². The molecule has 3 nitrogen and oxygen atoms in total. The number of hydrogen-bond acceptors (Lipinski definition) is 4. The summed E-state index contributed by atoms with van der Waals surface area (Å²) >= 11 is 1.53. The zero-order valence-electron chi connectivity index (χ0n) is 10.7. The number of benzene rings is 1. The Morgan fingerprint density at radius 1 is 1.11 bits per heavy atom. The summed E-state index contributed by atoms with van der Waals surface area (Å²) in [5.41, 5.74) is 0.898. The van der Waals surface area contributed by atoms with Gasteiger partial charge in [0.05, 0.1) is 18.1 Å². The van der Waals surface area contributed by atoms with Gasteiger partial charge < -0.3 is 14.6 Å². The molecular weight excluding hydrogens is 260 g/mol. The molecule has 1 N–H and O–H groups in total. The first-order valence-electron chi connectivity index (χ1n) is 6.30. The first-order valence-corrected chi connectivity index (χ1v) is 7.12. The highest BCUT2D eigenvalue weighted by Gasteiger charge is 2.35. The van der Waals surface area contributed by atoms with Crippen molar-refractivity contribution >= 4 is 11.3 Å². The summed E-state index contributed by atoms with van der Waals surface area (Å²) in [6, 6.07) is 13.6. The van der Waals surface area contributed by atoms with Crippen LogP contribution in [0.5, 0.6) is 0 Å². The molecule has 0 spiro atoms. The van der Waals surface area contributed by atoms with Crippen molar-refractivity contribution < 1.29 is 14.6 Å². The molecule has 1 atom stereocenters. The van der Waals surface area contributed by atoms with Gasteiger partial charge in [-0.3, -0.25) is 0 Å². The lowest BCUT2D eigenvalue weighted by Gasteiger charge is -2.20. The maximum atomic E-state index is 10.4. The van der Waals surface area contributed by atoms with Crippen LogP contribution in [0.3, 0.4) is 0 Å². The van der Waals surface area contributed by atoms with Crippen molar-refractivity contribution in [2.75, 3.05) is 13.2 Å². The lowest BCUT2D eigenvalue weighted by Crippen LogP contribution is -2.20. The second kappa shape index (κ2) is 5.06. The molecule has 1 saturated heterocycles. The molecular formula is C15H16O3S. The first-order chi connectivity index (χ1) is 9.19. The number of aliphatic hydroxyl groups is 1. The summed E-state index contributed by atoms with van der Waals surface area (Å²) in [6.07, 6.45) is -0.593. The molecule has 0 aliphatic carbocycles. The van der Waals surface area contributed by atoms with E-state index in [-0.39, 0.29) is 0 Å². The van der Waals surface area contributed by atoms with E-state index in [0.717, 1.165) is 15.3 Å². The van der Waals surface area contributed by atoms with Gasteiger partial charge >= 0.3 is 0 Å². The molecule has 1 aliphatic heterocycles. The van der Waals surface area contributed by atoms with E-state index in [1.807, 2.05) is 49.4 Å². The van der Waals surface area contributed by atoms with Gasteiger partial charge in [0.15, 0.2) is 0 Å². The Balaban J connectivity index is 1.85. The molecule has 3 rings (SSSR count). The Bertz CT molecular complexity index is 544. The highest BCUT2D eigenvalue weighted by molar-refractivity contribution is 7.12. The minimum Gasteiger partial charge on any atom is -0.383 e. The van der Waals surface area contributed by atoms with Crippen molar-refractivity contribution in [2.24, 2.45) is 0 Å². The lowest BCUT2D eigenvalue weighted by atomic mass is 10.1. The monoisotopic (exact) mass is 276 g/mol. The minimum atomic E-state index is -0.653. The van der Waals surface area contributed by atoms with Crippen LogP contribution in [0.2, 0.25) is 0 Å². The van der Waals surface area contributed by atoms with Crippen LogP contribution in [0.4, 0.5) is 0 Å². The predicted molar refractivity (Wildman–Crippen MR) is 74.1 cm³/mol. The molecule has 100 valence electrons. The standard InChI is InChI=1S/C15H16O3S/c1-15(17-9-10-18-15)13-8-7-12(19-13)14(16)11-5-3-2-4-6-11/h2-8,14,16H,9-10H2,1H3. The van der Waals surface area contributed by atoms with Crippen LogP contribution < -0.4 is 0 Å². The second-order valence-corrected chi connectivity index (χ2v) is 5.77. The van der Waals surface area contributed by atoms with Crippen molar-refractivity contribution in [3.63, 3.8) is 0 Å². The number of hydrogen-bond donors (Lipinski definition) is 1. The SMILES string of the molecule is CC1(c2ccc(C(O)c3ccccc3)s2)OCCO1. The molecule has 19 heavy (non-hydrogen) atoms. The molecule has 2 aromatic rings. The number of aliphatic hydroxyl groups excluding tert-OH is 1. The maximum Gasteiger partial charge on any atom is 0.201 e. The van der Waals surface area contributed by atoms with Gasteiger partial charge in [0, 0.05) is 4.88 Å². The van der Waals surface area contributed by atoms with Crippen LogP contribution in [0.15, 0.2) is 42.5 Å². The largest absolute Gasteiger partial charge is 0.383 e. The fourth-order valence-corrected chi connectivity index (χ4v) is 3.28. The summed E-state index contributed by atoms with van der Waals surface area (Å²) in [4.78, 5) is 1.90. The Labute approximate surface area is 116 Å². The fraction of sp³-hybridized carbons (Fsp3) is 0.333. The molecule has 1 aromatic carbocycles. The topological polar surface area (TPSA) is 38.7 Å². The van der Waals surface area contributed by atoms with Crippen molar-refractivity contribution in [3.8, 4) is 0 Å². The summed E-state index contributed by atoms with van der Waals surface area (Å²) in [5.74, 6) is -0.653. The molecule has 1 fully saturated rings. The highest BCUT2D eigenvalue weighted by atomic mass is 32.1. The molecule has 0 radical (unpaired) electrons. The van der Waals surface area contributed by atoms with Gasteiger partial charge in [-0.25, -0.2) is 0 Å². The van der Waals surface area contributed by atoms with E-state index in [2.05, 4.69) is 0 Å². The third kappa shape index (κ3) is 2.44. The van der Waals surface area contributed by atoms with Crippen LogP contribution in [0.1, 0.15) is 28.3 Å². The fourth-order valence-electron chi connectivity index (χ4n) is 2.20. The molecule has 0 saturated carbocycles. The third-order valence-corrected chi connectivity index (χ3v) is 4.62. The Morgan fingerprint density at radius 3 is 2.47 bits per heavy atom. The van der Waals surface area contributed by atoms with Gasteiger partial charge in [-0.2, -0.15) is 0 Å². The molecule has 1 unspecified atom stereocenters. The Morgan fingerprint density at radius 2 is 1.79 bits per heavy atom. The van der Waals surface area contributed by atoms with Gasteiger partial charge in [-0.15, -0.1) is 11.3 Å². The van der Waals surface area contributed by atoms with Crippen LogP contribution in [0, 0.1) is 0 Å². The Hall–Kier alpha value is -1.20. The molecule has 1 aliphatic rings. The van der Waals surface area contributed by atoms with E-state index in [1.54, 1.807) is 0 Å². The van der Waals surface area contributed by atoms with Gasteiger partial charge in [-0.1, -0.05) is 30.3 Å².